The minimum Gasteiger partial charge on any atom is -0.271 e. The van der Waals surface area contributed by atoms with Gasteiger partial charge in [-0.15, -0.1) is 0 Å². The first kappa shape index (κ1) is 16.1. The Labute approximate surface area is 124 Å². The summed E-state index contributed by atoms with van der Waals surface area (Å²) < 4.78 is 0. The van der Waals surface area contributed by atoms with E-state index in [9.17, 15) is 0 Å². The van der Waals surface area contributed by atoms with E-state index >= 15 is 0 Å². The number of hydrogen-bond donors (Lipinski definition) is 2. The van der Waals surface area contributed by atoms with Gasteiger partial charge < -0.3 is 0 Å². The molecule has 5 heteroatoms. The van der Waals surface area contributed by atoms with Crippen molar-refractivity contribution in [2.45, 2.75) is 38.0 Å². The molecule has 0 heterocycles. The second-order valence-electron chi connectivity index (χ2n) is 4.33. The number of hydrogen-bond acceptors (Lipinski definition) is 3. The molecule has 0 saturated heterocycles. The third kappa shape index (κ3) is 4.98. The second kappa shape index (κ2) is 8.28. The minimum atomic E-state index is 0.208. The Morgan fingerprint density at radius 2 is 2.11 bits per heavy atom. The fourth-order valence-electron chi connectivity index (χ4n) is 1.54. The van der Waals surface area contributed by atoms with Crippen LogP contribution < -0.4 is 11.3 Å². The first-order chi connectivity index (χ1) is 8.58. The van der Waals surface area contributed by atoms with Crippen molar-refractivity contribution >= 4 is 35.0 Å². The van der Waals surface area contributed by atoms with Gasteiger partial charge in [-0.1, -0.05) is 49.2 Å². The van der Waals surface area contributed by atoms with Crippen molar-refractivity contribution < 1.29 is 0 Å². The number of benzene rings is 1. The van der Waals surface area contributed by atoms with Crippen LogP contribution in [0.15, 0.2) is 18.2 Å². The average Bonchev–Trinajstić information content (AvgIpc) is 2.38. The topological polar surface area (TPSA) is 38.0 Å². The van der Waals surface area contributed by atoms with Crippen LogP contribution in [-0.2, 0) is 6.42 Å². The van der Waals surface area contributed by atoms with Crippen LogP contribution in [0.2, 0.25) is 10.0 Å². The van der Waals surface area contributed by atoms with Crippen molar-refractivity contribution in [1.82, 2.24) is 5.43 Å². The lowest BCUT2D eigenvalue weighted by molar-refractivity contribution is 0.574. The van der Waals surface area contributed by atoms with Gasteiger partial charge in [0.25, 0.3) is 0 Å². The van der Waals surface area contributed by atoms with Gasteiger partial charge >= 0.3 is 0 Å². The quantitative estimate of drug-likeness (QED) is 0.593. The predicted molar refractivity (Wildman–Crippen MR) is 83.5 cm³/mol. The van der Waals surface area contributed by atoms with Gasteiger partial charge in [-0.3, -0.25) is 11.3 Å². The van der Waals surface area contributed by atoms with Crippen LogP contribution in [0.3, 0.4) is 0 Å². The molecule has 0 radical (unpaired) electrons. The van der Waals surface area contributed by atoms with E-state index in [0.717, 1.165) is 17.7 Å². The lowest BCUT2D eigenvalue weighted by Crippen LogP contribution is -2.39. The molecule has 0 bridgehead atoms. The summed E-state index contributed by atoms with van der Waals surface area (Å²) in [4.78, 5) is 0. The Morgan fingerprint density at radius 1 is 1.39 bits per heavy atom. The maximum absolute atomic E-state index is 6.18. The van der Waals surface area contributed by atoms with Crippen molar-refractivity contribution in [3.8, 4) is 0 Å². The molecule has 0 spiro atoms. The molecule has 0 fully saturated rings. The van der Waals surface area contributed by atoms with Gasteiger partial charge in [-0.2, -0.15) is 11.8 Å². The summed E-state index contributed by atoms with van der Waals surface area (Å²) in [5, 5.41) is 1.88. The van der Waals surface area contributed by atoms with E-state index in [-0.39, 0.29) is 6.04 Å². The van der Waals surface area contributed by atoms with Crippen LogP contribution in [0.5, 0.6) is 0 Å². The van der Waals surface area contributed by atoms with Gasteiger partial charge in [-0.25, -0.2) is 0 Å². The largest absolute Gasteiger partial charge is 0.271 e. The number of rotatable bonds is 7. The van der Waals surface area contributed by atoms with Gasteiger partial charge in [0.05, 0.1) is 10.0 Å². The lowest BCUT2D eigenvalue weighted by Gasteiger charge is -2.18. The fraction of sp³-hybridized carbons (Fsp3) is 0.538. The van der Waals surface area contributed by atoms with Crippen LogP contribution in [0.1, 0.15) is 25.8 Å². The van der Waals surface area contributed by atoms with Crippen molar-refractivity contribution in [2.24, 2.45) is 5.84 Å². The summed E-state index contributed by atoms with van der Waals surface area (Å²) in [6.07, 6.45) is 1.96. The summed E-state index contributed by atoms with van der Waals surface area (Å²) in [5.41, 5.74) is 3.89. The molecule has 0 aromatic heterocycles. The Morgan fingerprint density at radius 3 is 2.72 bits per heavy atom. The summed E-state index contributed by atoms with van der Waals surface area (Å²) in [7, 11) is 0. The van der Waals surface area contributed by atoms with Gasteiger partial charge in [0.1, 0.15) is 0 Å². The van der Waals surface area contributed by atoms with E-state index in [1.807, 2.05) is 23.9 Å². The molecule has 2 unspecified atom stereocenters. The molecular weight excluding hydrogens is 287 g/mol. The summed E-state index contributed by atoms with van der Waals surface area (Å²) in [5.74, 6) is 6.56. The predicted octanol–water partition coefficient (Wildman–Crippen LogP) is 3.90. The lowest BCUT2D eigenvalue weighted by atomic mass is 10.1. The summed E-state index contributed by atoms with van der Waals surface area (Å²) >= 11 is 14.1. The van der Waals surface area contributed by atoms with Crippen LogP contribution >= 0.6 is 35.0 Å². The molecule has 1 aromatic carbocycles. The molecule has 0 amide bonds. The Kier molecular flexibility index (Phi) is 7.42. The number of nitrogens with two attached hydrogens (primary N) is 1. The smallest absolute Gasteiger partial charge is 0.0624 e. The molecule has 0 aliphatic rings. The highest BCUT2D eigenvalue weighted by molar-refractivity contribution is 7.99. The monoisotopic (exact) mass is 306 g/mol. The number of nitrogens with one attached hydrogen (secondary N) is 1. The first-order valence-electron chi connectivity index (χ1n) is 6.09. The first-order valence-corrected chi connectivity index (χ1v) is 7.89. The molecule has 2 nitrogen and oxygen atoms in total. The van der Waals surface area contributed by atoms with E-state index in [4.69, 9.17) is 29.0 Å². The molecule has 0 saturated carbocycles. The molecule has 102 valence electrons. The Hall–Kier alpha value is 0.0700. The van der Waals surface area contributed by atoms with E-state index in [1.165, 1.54) is 6.42 Å². The summed E-state index contributed by atoms with van der Waals surface area (Å²) in [6, 6.07) is 5.91. The van der Waals surface area contributed by atoms with Crippen molar-refractivity contribution in [1.29, 1.82) is 0 Å². The van der Waals surface area contributed by atoms with Gasteiger partial charge in [0, 0.05) is 17.0 Å². The van der Waals surface area contributed by atoms with E-state index in [1.54, 1.807) is 6.07 Å². The standard InChI is InChI=1S/C13H20Cl2N2S/c1-3-9(2)18-8-11(17-16)7-10-5-4-6-12(14)13(10)15/h4-6,9,11,17H,3,7-8,16H2,1-2H3. The molecule has 18 heavy (non-hydrogen) atoms. The normalized spacial score (nSPS) is 14.5. The van der Waals surface area contributed by atoms with Crippen LogP contribution in [0.25, 0.3) is 0 Å². The zero-order chi connectivity index (χ0) is 13.5. The Bertz CT molecular complexity index is 374. The Balaban J connectivity index is 2.59. The molecular formula is C13H20Cl2N2S. The highest BCUT2D eigenvalue weighted by atomic mass is 35.5. The maximum Gasteiger partial charge on any atom is 0.0624 e. The minimum absolute atomic E-state index is 0.208. The number of halogens is 2. The zero-order valence-corrected chi connectivity index (χ0v) is 13.1. The number of hydrazine groups is 1. The number of thioether (sulfide) groups is 1. The van der Waals surface area contributed by atoms with E-state index < -0.39 is 0 Å². The summed E-state index contributed by atoms with van der Waals surface area (Å²) in [6.45, 7) is 4.42. The molecule has 1 rings (SSSR count). The van der Waals surface area contributed by atoms with Crippen LogP contribution in [0.4, 0.5) is 0 Å². The molecule has 0 aliphatic carbocycles. The zero-order valence-electron chi connectivity index (χ0n) is 10.7. The van der Waals surface area contributed by atoms with E-state index in [2.05, 4.69) is 19.3 Å². The molecule has 3 N–H and O–H groups in total. The van der Waals surface area contributed by atoms with Crippen molar-refractivity contribution in [3.63, 3.8) is 0 Å². The van der Waals surface area contributed by atoms with Gasteiger partial charge in [0.15, 0.2) is 0 Å². The molecule has 1 aromatic rings. The SMILES string of the molecule is CCC(C)SCC(Cc1cccc(Cl)c1Cl)NN. The van der Waals surface area contributed by atoms with Crippen molar-refractivity contribution in [2.75, 3.05) is 5.75 Å². The highest BCUT2D eigenvalue weighted by Crippen LogP contribution is 2.27. The van der Waals surface area contributed by atoms with Gasteiger partial charge in [-0.05, 0) is 24.5 Å². The van der Waals surface area contributed by atoms with E-state index in [0.29, 0.717) is 15.3 Å². The molecule has 0 aliphatic heterocycles. The van der Waals surface area contributed by atoms with Crippen LogP contribution in [-0.4, -0.2) is 17.0 Å². The average molecular weight is 307 g/mol. The van der Waals surface area contributed by atoms with Gasteiger partial charge in [0.2, 0.25) is 0 Å². The van der Waals surface area contributed by atoms with Crippen molar-refractivity contribution in [3.05, 3.63) is 33.8 Å². The van der Waals surface area contributed by atoms with Crippen LogP contribution in [0, 0.1) is 0 Å². The third-order valence-corrected chi connectivity index (χ3v) is 5.25. The second-order valence-corrected chi connectivity index (χ2v) is 6.59. The highest BCUT2D eigenvalue weighted by Gasteiger charge is 2.13. The third-order valence-electron chi connectivity index (χ3n) is 2.89. The molecule has 2 atom stereocenters. The maximum atomic E-state index is 6.18. The fourth-order valence-corrected chi connectivity index (χ4v) is 2.94.